The number of H-pyrrole nitrogens is 1. The maximum absolute atomic E-state index is 11.9. The molecule has 0 aliphatic heterocycles. The number of nitrogens with one attached hydrogen (secondary N) is 1. The average molecular weight is 334 g/mol. The highest BCUT2D eigenvalue weighted by atomic mass is 16.6. The number of carbonyl (C=O) groups excluding carboxylic acids is 1. The van der Waals surface area contributed by atoms with Crippen molar-refractivity contribution >= 4 is 17.0 Å². The van der Waals surface area contributed by atoms with Gasteiger partial charge in [0, 0.05) is 32.1 Å². The smallest absolute Gasteiger partial charge is 0.410 e. The highest BCUT2D eigenvalue weighted by molar-refractivity contribution is 5.82. The van der Waals surface area contributed by atoms with Crippen LogP contribution in [0.25, 0.3) is 10.9 Å². The Morgan fingerprint density at radius 2 is 2.00 bits per heavy atom. The van der Waals surface area contributed by atoms with E-state index in [1.54, 1.807) is 30.1 Å². The second kappa shape index (κ2) is 7.09. The largest absolute Gasteiger partial charge is 0.508 e. The molecular weight excluding hydrogens is 308 g/mol. The predicted molar refractivity (Wildman–Crippen MR) is 93.0 cm³/mol. The van der Waals surface area contributed by atoms with Crippen molar-refractivity contribution in [2.45, 2.75) is 32.9 Å². The number of aromatic nitrogens is 2. The second-order valence-electron chi connectivity index (χ2n) is 7.04. The number of hydrogen-bond acceptors (Lipinski definition) is 5. The summed E-state index contributed by atoms with van der Waals surface area (Å²) in [4.78, 5) is 15.6. The monoisotopic (exact) mass is 334 g/mol. The summed E-state index contributed by atoms with van der Waals surface area (Å²) in [5, 5.41) is 17.8. The molecule has 0 radical (unpaired) electrons. The molecule has 1 heterocycles. The first-order valence-corrected chi connectivity index (χ1v) is 7.94. The molecule has 1 aromatic heterocycles. The number of nitrogens with zero attached hydrogens (tertiary/aromatic N) is 3. The molecule has 0 unspecified atom stereocenters. The number of rotatable bonds is 5. The normalized spacial score (nSPS) is 11.9. The highest BCUT2D eigenvalue weighted by Gasteiger charge is 2.19. The molecule has 2 N–H and O–H groups in total. The van der Waals surface area contributed by atoms with E-state index in [4.69, 9.17) is 4.74 Å². The minimum atomic E-state index is -0.492. The molecule has 0 saturated carbocycles. The third-order valence-corrected chi connectivity index (χ3v) is 3.57. The summed E-state index contributed by atoms with van der Waals surface area (Å²) >= 11 is 0. The van der Waals surface area contributed by atoms with Crippen LogP contribution in [0.2, 0.25) is 0 Å². The molecule has 1 amide bonds. The minimum Gasteiger partial charge on any atom is -0.508 e. The molecule has 132 valence electrons. The van der Waals surface area contributed by atoms with Crippen molar-refractivity contribution in [1.82, 2.24) is 20.0 Å². The lowest BCUT2D eigenvalue weighted by atomic mass is 10.2. The molecule has 0 spiro atoms. The van der Waals surface area contributed by atoms with Crippen LogP contribution in [0.1, 0.15) is 26.5 Å². The predicted octanol–water partition coefficient (Wildman–Crippen LogP) is 2.57. The van der Waals surface area contributed by atoms with Crippen LogP contribution in [0.15, 0.2) is 18.2 Å². The number of phenols is 1. The average Bonchev–Trinajstić information content (AvgIpc) is 2.85. The molecule has 0 fully saturated rings. The Bertz CT molecular complexity index is 705. The lowest BCUT2D eigenvalue weighted by Gasteiger charge is -2.26. The van der Waals surface area contributed by atoms with Crippen molar-refractivity contribution in [2.75, 3.05) is 27.2 Å². The molecule has 1 aromatic carbocycles. The van der Waals surface area contributed by atoms with Gasteiger partial charge in [0.15, 0.2) is 0 Å². The van der Waals surface area contributed by atoms with Crippen LogP contribution in [-0.4, -0.2) is 64.0 Å². The van der Waals surface area contributed by atoms with E-state index in [1.165, 1.54) is 0 Å². The zero-order valence-electron chi connectivity index (χ0n) is 15.0. The first-order valence-electron chi connectivity index (χ1n) is 7.94. The van der Waals surface area contributed by atoms with Gasteiger partial charge in [-0.3, -0.25) is 10.00 Å². The summed E-state index contributed by atoms with van der Waals surface area (Å²) in [6.07, 6.45) is -0.326. The molecule has 0 aliphatic carbocycles. The molecule has 0 atom stereocenters. The van der Waals surface area contributed by atoms with Gasteiger partial charge in [0.2, 0.25) is 0 Å². The maximum atomic E-state index is 11.9. The topological polar surface area (TPSA) is 81.7 Å². The number of aromatic hydroxyl groups is 1. The summed E-state index contributed by atoms with van der Waals surface area (Å²) in [6.45, 7) is 7.44. The molecule has 24 heavy (non-hydrogen) atoms. The maximum Gasteiger partial charge on any atom is 0.410 e. The van der Waals surface area contributed by atoms with Crippen molar-refractivity contribution in [3.63, 3.8) is 0 Å². The number of fused-ring (bicyclic) bond motifs is 1. The van der Waals surface area contributed by atoms with E-state index in [-0.39, 0.29) is 11.8 Å². The lowest BCUT2D eigenvalue weighted by Crippen LogP contribution is -2.38. The van der Waals surface area contributed by atoms with Gasteiger partial charge < -0.3 is 14.7 Å². The second-order valence-corrected chi connectivity index (χ2v) is 7.04. The number of amides is 1. The van der Waals surface area contributed by atoms with Gasteiger partial charge >= 0.3 is 6.09 Å². The van der Waals surface area contributed by atoms with Crippen molar-refractivity contribution in [2.24, 2.45) is 0 Å². The Balaban J connectivity index is 1.89. The third kappa shape index (κ3) is 4.86. The van der Waals surface area contributed by atoms with E-state index < -0.39 is 5.60 Å². The molecule has 0 aliphatic rings. The minimum absolute atomic E-state index is 0.220. The van der Waals surface area contributed by atoms with Crippen molar-refractivity contribution in [3.05, 3.63) is 23.9 Å². The Morgan fingerprint density at radius 3 is 2.67 bits per heavy atom. The van der Waals surface area contributed by atoms with E-state index in [0.717, 1.165) is 16.6 Å². The van der Waals surface area contributed by atoms with Gasteiger partial charge in [-0.2, -0.15) is 5.10 Å². The van der Waals surface area contributed by atoms with Crippen molar-refractivity contribution < 1.29 is 14.6 Å². The first-order chi connectivity index (χ1) is 11.2. The summed E-state index contributed by atoms with van der Waals surface area (Å²) < 4.78 is 5.33. The van der Waals surface area contributed by atoms with Crippen LogP contribution in [0.5, 0.6) is 5.75 Å². The Hall–Kier alpha value is -2.28. The highest BCUT2D eigenvalue weighted by Crippen LogP contribution is 2.21. The molecule has 2 aromatic rings. The van der Waals surface area contributed by atoms with E-state index >= 15 is 0 Å². The fourth-order valence-electron chi connectivity index (χ4n) is 2.27. The van der Waals surface area contributed by atoms with Crippen LogP contribution >= 0.6 is 0 Å². The summed E-state index contributed by atoms with van der Waals surface area (Å²) in [6, 6.07) is 5.10. The van der Waals surface area contributed by atoms with E-state index in [9.17, 15) is 9.90 Å². The third-order valence-electron chi connectivity index (χ3n) is 3.57. The lowest BCUT2D eigenvalue weighted by molar-refractivity contribution is 0.0286. The van der Waals surface area contributed by atoms with Gasteiger partial charge in [-0.25, -0.2) is 4.79 Å². The van der Waals surface area contributed by atoms with Gasteiger partial charge in [0.1, 0.15) is 11.4 Å². The van der Waals surface area contributed by atoms with E-state index in [1.807, 2.05) is 27.8 Å². The van der Waals surface area contributed by atoms with E-state index in [2.05, 4.69) is 15.1 Å². The summed E-state index contributed by atoms with van der Waals surface area (Å²) in [5.41, 5.74) is 1.26. The molecule has 7 heteroatoms. The van der Waals surface area contributed by atoms with Gasteiger partial charge in [-0.05, 0) is 46.0 Å². The van der Waals surface area contributed by atoms with Crippen LogP contribution in [0.4, 0.5) is 4.79 Å². The van der Waals surface area contributed by atoms with Gasteiger partial charge in [-0.15, -0.1) is 0 Å². The van der Waals surface area contributed by atoms with Crippen molar-refractivity contribution in [3.8, 4) is 5.75 Å². The molecule has 0 bridgehead atoms. The van der Waals surface area contributed by atoms with Crippen LogP contribution in [0, 0.1) is 0 Å². The standard InChI is InChI=1S/C17H26N4O3/c1-17(2,3)24-16(23)21(5)9-8-20(4)11-15-13-10-12(22)6-7-14(13)18-19-15/h6-7,10,22H,8-9,11H2,1-5H3,(H,18,19). The summed E-state index contributed by atoms with van der Waals surface area (Å²) in [5.74, 6) is 0.220. The first kappa shape index (κ1) is 18.1. The van der Waals surface area contributed by atoms with Crippen LogP contribution < -0.4 is 0 Å². The van der Waals surface area contributed by atoms with Crippen LogP contribution in [-0.2, 0) is 11.3 Å². The van der Waals surface area contributed by atoms with Gasteiger partial charge in [0.25, 0.3) is 0 Å². The fourth-order valence-corrected chi connectivity index (χ4v) is 2.27. The van der Waals surface area contributed by atoms with Crippen LogP contribution in [0.3, 0.4) is 0 Å². The quantitative estimate of drug-likeness (QED) is 0.878. The number of hydrogen-bond donors (Lipinski definition) is 2. The molecule has 0 saturated heterocycles. The number of carbonyl (C=O) groups is 1. The summed E-state index contributed by atoms with van der Waals surface area (Å²) in [7, 11) is 3.70. The molecule has 7 nitrogen and oxygen atoms in total. The Kier molecular flexibility index (Phi) is 5.33. The zero-order valence-corrected chi connectivity index (χ0v) is 15.0. The Morgan fingerprint density at radius 1 is 1.29 bits per heavy atom. The van der Waals surface area contributed by atoms with Gasteiger partial charge in [0.05, 0.1) is 11.2 Å². The molecule has 2 rings (SSSR count). The zero-order chi connectivity index (χ0) is 17.9. The fraction of sp³-hybridized carbons (Fsp3) is 0.529. The number of phenolic OH excluding ortho intramolecular Hbond substituents is 1. The number of likely N-dealkylation sites (N-methyl/N-ethyl adjacent to an activating group) is 2. The number of aromatic amines is 1. The number of ether oxygens (including phenoxy) is 1. The molecular formula is C17H26N4O3. The SMILES string of the molecule is CN(CCN(C)C(=O)OC(C)(C)C)Cc1[nH]nc2ccc(O)cc12. The van der Waals surface area contributed by atoms with E-state index in [0.29, 0.717) is 19.6 Å². The Labute approximate surface area is 142 Å². The van der Waals surface area contributed by atoms with Gasteiger partial charge in [-0.1, -0.05) is 0 Å². The van der Waals surface area contributed by atoms with Crippen molar-refractivity contribution in [1.29, 1.82) is 0 Å². The number of benzene rings is 1.